The van der Waals surface area contributed by atoms with Crippen molar-refractivity contribution in [2.75, 3.05) is 25.0 Å². The number of nitrogens with zero attached hydrogens (tertiary/aromatic N) is 5. The number of carbonyl (C=O) groups excluding carboxylic acids is 1. The Morgan fingerprint density at radius 3 is 2.61 bits per heavy atom. The zero-order chi connectivity index (χ0) is 19.9. The van der Waals surface area contributed by atoms with E-state index in [-0.39, 0.29) is 5.91 Å². The number of carbonyl (C=O) groups is 1. The van der Waals surface area contributed by atoms with Gasteiger partial charge < -0.3 is 15.4 Å². The monoisotopic (exact) mass is 381 g/mol. The van der Waals surface area contributed by atoms with Crippen molar-refractivity contribution >= 4 is 11.7 Å². The minimum absolute atomic E-state index is 0.191. The number of amides is 1. The van der Waals surface area contributed by atoms with Crippen molar-refractivity contribution in [3.8, 4) is 11.7 Å². The summed E-state index contributed by atoms with van der Waals surface area (Å²) >= 11 is 0. The van der Waals surface area contributed by atoms with E-state index in [9.17, 15) is 4.79 Å². The maximum atomic E-state index is 12.1. The van der Waals surface area contributed by atoms with E-state index in [0.717, 1.165) is 11.4 Å². The summed E-state index contributed by atoms with van der Waals surface area (Å²) in [5, 5.41) is 18.7. The summed E-state index contributed by atoms with van der Waals surface area (Å²) in [5.41, 5.74) is 2.41. The summed E-state index contributed by atoms with van der Waals surface area (Å²) in [6, 6.07) is 9.02. The van der Waals surface area contributed by atoms with E-state index >= 15 is 0 Å². The van der Waals surface area contributed by atoms with Gasteiger partial charge in [0.15, 0.2) is 5.82 Å². The summed E-state index contributed by atoms with van der Waals surface area (Å²) < 4.78 is 7.01. The lowest BCUT2D eigenvalue weighted by Crippen LogP contribution is -2.29. The molecule has 3 rings (SSSR count). The average molecular weight is 381 g/mol. The van der Waals surface area contributed by atoms with Crippen LogP contribution in [0.5, 0.6) is 5.88 Å². The van der Waals surface area contributed by atoms with Crippen molar-refractivity contribution in [1.29, 1.82) is 0 Å². The number of ether oxygens (including phenoxy) is 1. The van der Waals surface area contributed by atoms with Gasteiger partial charge in [-0.2, -0.15) is 5.10 Å². The van der Waals surface area contributed by atoms with Crippen LogP contribution in [0.4, 0.5) is 5.82 Å². The zero-order valence-corrected chi connectivity index (χ0v) is 16.1. The fourth-order valence-electron chi connectivity index (χ4n) is 2.61. The highest BCUT2D eigenvalue weighted by Gasteiger charge is 2.07. The van der Waals surface area contributed by atoms with E-state index < -0.39 is 0 Å². The smallest absolute Gasteiger partial charge is 0.252 e. The molecule has 0 saturated heterocycles. The topological polar surface area (TPSA) is 107 Å². The molecule has 9 heteroatoms. The van der Waals surface area contributed by atoms with Gasteiger partial charge in [-0.1, -0.05) is 0 Å². The summed E-state index contributed by atoms with van der Waals surface area (Å²) in [6.07, 6.45) is 1.50. The molecule has 3 aromatic rings. The number of rotatable bonds is 8. The molecule has 0 spiro atoms. The van der Waals surface area contributed by atoms with Gasteiger partial charge in [0.1, 0.15) is 5.82 Å². The minimum atomic E-state index is -0.191. The second-order valence-corrected chi connectivity index (χ2v) is 6.12. The van der Waals surface area contributed by atoms with Crippen LogP contribution in [0.2, 0.25) is 0 Å². The molecule has 0 radical (unpaired) electrons. The second kappa shape index (κ2) is 8.94. The number of hydrogen-bond donors (Lipinski definition) is 2. The molecule has 0 aromatic carbocycles. The molecule has 0 aliphatic rings. The van der Waals surface area contributed by atoms with Crippen LogP contribution in [0.15, 0.2) is 36.5 Å². The molecule has 3 aromatic heterocycles. The van der Waals surface area contributed by atoms with Gasteiger partial charge in [-0.15, -0.1) is 10.2 Å². The second-order valence-electron chi connectivity index (χ2n) is 6.12. The fraction of sp³-hybridized carbons (Fsp3) is 0.316. The molecule has 2 N–H and O–H groups in total. The number of aryl methyl sites for hydroxylation is 2. The Balaban J connectivity index is 1.46. The molecule has 1 amide bonds. The van der Waals surface area contributed by atoms with Crippen molar-refractivity contribution in [2.24, 2.45) is 0 Å². The third kappa shape index (κ3) is 4.81. The maximum absolute atomic E-state index is 12.1. The predicted octanol–water partition coefficient (Wildman–Crippen LogP) is 1.91. The highest BCUT2D eigenvalue weighted by Crippen LogP contribution is 2.10. The summed E-state index contributed by atoms with van der Waals surface area (Å²) in [4.78, 5) is 16.2. The van der Waals surface area contributed by atoms with Gasteiger partial charge >= 0.3 is 0 Å². The van der Waals surface area contributed by atoms with Crippen LogP contribution in [-0.2, 0) is 0 Å². The van der Waals surface area contributed by atoms with E-state index in [0.29, 0.717) is 42.8 Å². The fourth-order valence-corrected chi connectivity index (χ4v) is 2.61. The zero-order valence-electron chi connectivity index (χ0n) is 16.1. The number of aromatic nitrogens is 5. The van der Waals surface area contributed by atoms with Crippen LogP contribution < -0.4 is 15.4 Å². The summed E-state index contributed by atoms with van der Waals surface area (Å²) in [6.45, 7) is 7.28. The molecule has 0 saturated carbocycles. The van der Waals surface area contributed by atoms with Crippen LogP contribution in [-0.4, -0.2) is 50.6 Å². The van der Waals surface area contributed by atoms with E-state index in [4.69, 9.17) is 4.74 Å². The van der Waals surface area contributed by atoms with Gasteiger partial charge in [-0.25, -0.2) is 9.67 Å². The lowest BCUT2D eigenvalue weighted by atomic mass is 10.2. The predicted molar refractivity (Wildman–Crippen MR) is 105 cm³/mol. The van der Waals surface area contributed by atoms with E-state index in [1.807, 2.05) is 39.0 Å². The number of anilines is 1. The molecule has 0 bridgehead atoms. The average Bonchev–Trinajstić information content (AvgIpc) is 3.04. The van der Waals surface area contributed by atoms with E-state index in [1.165, 1.54) is 6.20 Å². The molecular formula is C19H23N7O2. The summed E-state index contributed by atoms with van der Waals surface area (Å²) in [7, 11) is 0. The van der Waals surface area contributed by atoms with Crippen molar-refractivity contribution < 1.29 is 9.53 Å². The first-order chi connectivity index (χ1) is 13.6. The van der Waals surface area contributed by atoms with Gasteiger partial charge in [0.05, 0.1) is 17.9 Å². The Morgan fingerprint density at radius 1 is 1.14 bits per heavy atom. The van der Waals surface area contributed by atoms with Crippen LogP contribution in [0.1, 0.15) is 28.7 Å². The first kappa shape index (κ1) is 19.3. The molecule has 0 atom stereocenters. The van der Waals surface area contributed by atoms with Crippen molar-refractivity contribution in [2.45, 2.75) is 20.8 Å². The molecule has 146 valence electrons. The number of nitrogens with one attached hydrogen (secondary N) is 2. The first-order valence-corrected chi connectivity index (χ1v) is 9.05. The SMILES string of the molecule is CCOc1ccc(C(=O)NCCNc2ccc(-n3nc(C)cc3C)nn2)cn1. The maximum Gasteiger partial charge on any atom is 0.252 e. The highest BCUT2D eigenvalue weighted by atomic mass is 16.5. The molecule has 28 heavy (non-hydrogen) atoms. The van der Waals surface area contributed by atoms with E-state index in [1.54, 1.807) is 16.8 Å². The first-order valence-electron chi connectivity index (χ1n) is 9.05. The largest absolute Gasteiger partial charge is 0.478 e. The molecular weight excluding hydrogens is 358 g/mol. The number of hydrogen-bond acceptors (Lipinski definition) is 7. The number of pyridine rings is 1. The minimum Gasteiger partial charge on any atom is -0.478 e. The Labute approximate surface area is 163 Å². The Morgan fingerprint density at radius 2 is 2.00 bits per heavy atom. The Hall–Kier alpha value is -3.49. The molecule has 0 aliphatic carbocycles. The van der Waals surface area contributed by atoms with Crippen LogP contribution >= 0.6 is 0 Å². The van der Waals surface area contributed by atoms with Crippen molar-refractivity contribution in [1.82, 2.24) is 30.3 Å². The molecule has 0 aliphatic heterocycles. The molecule has 3 heterocycles. The standard InChI is InChI=1S/C19H23N7O2/c1-4-28-18-8-5-15(12-22-18)19(27)21-10-9-20-16-6-7-17(24-23-16)26-14(3)11-13(2)25-26/h5-8,11-12H,4,9-10H2,1-3H3,(H,20,23)(H,21,27). The Kier molecular flexibility index (Phi) is 6.15. The third-order valence-corrected chi connectivity index (χ3v) is 3.88. The van der Waals surface area contributed by atoms with Gasteiger partial charge in [0.2, 0.25) is 5.88 Å². The van der Waals surface area contributed by atoms with Gasteiger partial charge in [0.25, 0.3) is 5.91 Å². The lowest BCUT2D eigenvalue weighted by molar-refractivity contribution is 0.0954. The quantitative estimate of drug-likeness (QED) is 0.574. The van der Waals surface area contributed by atoms with E-state index in [2.05, 4.69) is 30.9 Å². The van der Waals surface area contributed by atoms with Gasteiger partial charge in [-0.05, 0) is 45.0 Å². The Bertz CT molecular complexity index is 920. The van der Waals surface area contributed by atoms with Crippen molar-refractivity contribution in [3.05, 3.63) is 53.5 Å². The van der Waals surface area contributed by atoms with Crippen LogP contribution in [0, 0.1) is 13.8 Å². The van der Waals surface area contributed by atoms with Gasteiger partial charge in [0, 0.05) is 31.0 Å². The van der Waals surface area contributed by atoms with Crippen molar-refractivity contribution in [3.63, 3.8) is 0 Å². The molecule has 9 nitrogen and oxygen atoms in total. The van der Waals surface area contributed by atoms with Crippen LogP contribution in [0.25, 0.3) is 5.82 Å². The highest BCUT2D eigenvalue weighted by molar-refractivity contribution is 5.93. The molecule has 0 fully saturated rings. The summed E-state index contributed by atoms with van der Waals surface area (Å²) in [5.74, 6) is 1.60. The third-order valence-electron chi connectivity index (χ3n) is 3.88. The lowest BCUT2D eigenvalue weighted by Gasteiger charge is -2.08. The normalized spacial score (nSPS) is 10.5. The van der Waals surface area contributed by atoms with Crippen LogP contribution in [0.3, 0.4) is 0 Å². The molecule has 0 unspecified atom stereocenters. The van der Waals surface area contributed by atoms with Gasteiger partial charge in [-0.3, -0.25) is 4.79 Å².